The molecule has 72 valence electrons. The van der Waals surface area contributed by atoms with Crippen LogP contribution in [0.25, 0.3) is 0 Å². The molecule has 0 spiro atoms. The van der Waals surface area contributed by atoms with Gasteiger partial charge in [-0.1, -0.05) is 0 Å². The molecule has 1 heterocycles. The minimum Gasteiger partial charge on any atom is -0.348 e. The summed E-state index contributed by atoms with van der Waals surface area (Å²) in [7, 11) is 1.77. The molecule has 0 aliphatic heterocycles. The Morgan fingerprint density at radius 3 is 3.00 bits per heavy atom. The van der Waals surface area contributed by atoms with Gasteiger partial charge >= 0.3 is 0 Å². The van der Waals surface area contributed by atoms with Crippen molar-refractivity contribution in [1.29, 1.82) is 0 Å². The predicted molar refractivity (Wildman–Crippen MR) is 51.0 cm³/mol. The van der Waals surface area contributed by atoms with Gasteiger partial charge in [-0.05, 0) is 12.2 Å². The van der Waals surface area contributed by atoms with Crippen molar-refractivity contribution in [3.63, 3.8) is 0 Å². The maximum absolute atomic E-state index is 10.8. The van der Waals surface area contributed by atoms with Gasteiger partial charge in [-0.25, -0.2) is 0 Å². The number of amides is 1. The van der Waals surface area contributed by atoms with Gasteiger partial charge in [-0.15, -0.1) is 11.6 Å². The first-order valence-corrected chi connectivity index (χ1v) is 4.52. The summed E-state index contributed by atoms with van der Waals surface area (Å²) in [5.41, 5.74) is 0. The summed E-state index contributed by atoms with van der Waals surface area (Å²) in [6.07, 6.45) is 0. The summed E-state index contributed by atoms with van der Waals surface area (Å²) in [4.78, 5) is 10.8. The van der Waals surface area contributed by atoms with Crippen molar-refractivity contribution >= 4 is 29.7 Å². The highest BCUT2D eigenvalue weighted by Gasteiger charge is 2.03. The highest BCUT2D eigenvalue weighted by molar-refractivity contribution is 7.71. The lowest BCUT2D eigenvalue weighted by Crippen LogP contribution is -2.25. The second kappa shape index (κ2) is 4.38. The highest BCUT2D eigenvalue weighted by Crippen LogP contribution is 1.93. The van der Waals surface area contributed by atoms with Gasteiger partial charge in [-0.3, -0.25) is 9.89 Å². The molecule has 0 aromatic carbocycles. The van der Waals surface area contributed by atoms with E-state index >= 15 is 0 Å². The summed E-state index contributed by atoms with van der Waals surface area (Å²) >= 11 is 10.2. The molecule has 0 atom stereocenters. The quantitative estimate of drug-likeness (QED) is 0.570. The second-order valence-corrected chi connectivity index (χ2v) is 3.07. The average molecular weight is 221 g/mol. The molecule has 1 aromatic heterocycles. The Bertz CT molecular complexity index is 358. The summed E-state index contributed by atoms with van der Waals surface area (Å²) in [5.74, 6) is 0.397. The van der Waals surface area contributed by atoms with Gasteiger partial charge in [0.1, 0.15) is 5.88 Å². The lowest BCUT2D eigenvalue weighted by Gasteiger charge is -2.01. The molecule has 0 unspecified atom stereocenters. The Labute approximate surface area is 85.1 Å². The average Bonchev–Trinajstić information content (AvgIpc) is 2.44. The predicted octanol–water partition coefficient (Wildman–Crippen LogP) is 0.333. The molecule has 0 radical (unpaired) electrons. The van der Waals surface area contributed by atoms with Crippen LogP contribution in [0.1, 0.15) is 5.82 Å². The van der Waals surface area contributed by atoms with Crippen LogP contribution in [-0.4, -0.2) is 26.6 Å². The molecule has 0 fully saturated rings. The first-order valence-electron chi connectivity index (χ1n) is 3.58. The van der Waals surface area contributed by atoms with Gasteiger partial charge < -0.3 is 9.88 Å². The largest absolute Gasteiger partial charge is 0.348 e. The number of carbonyl (C=O) groups is 1. The fourth-order valence-electron chi connectivity index (χ4n) is 0.763. The van der Waals surface area contributed by atoms with Crippen molar-refractivity contribution in [3.05, 3.63) is 10.6 Å². The Hall–Kier alpha value is -0.880. The van der Waals surface area contributed by atoms with Crippen LogP contribution in [0.5, 0.6) is 0 Å². The van der Waals surface area contributed by atoms with E-state index in [1.54, 1.807) is 11.6 Å². The number of nitrogens with zero attached hydrogens (tertiary/aromatic N) is 2. The van der Waals surface area contributed by atoms with E-state index in [-0.39, 0.29) is 11.8 Å². The number of alkyl halides is 1. The SMILES string of the molecule is Cn1c(CNC(=O)CCl)n[nH]c1=S. The van der Waals surface area contributed by atoms with Crippen molar-refractivity contribution in [1.82, 2.24) is 20.1 Å². The fraction of sp³-hybridized carbons (Fsp3) is 0.500. The molecule has 13 heavy (non-hydrogen) atoms. The lowest BCUT2D eigenvalue weighted by molar-refractivity contribution is -0.118. The van der Waals surface area contributed by atoms with Crippen LogP contribution in [0.15, 0.2) is 0 Å². The molecule has 2 N–H and O–H groups in total. The topological polar surface area (TPSA) is 62.7 Å². The molecule has 1 amide bonds. The Kier molecular flexibility index (Phi) is 3.44. The van der Waals surface area contributed by atoms with Crippen LogP contribution < -0.4 is 5.32 Å². The van der Waals surface area contributed by atoms with E-state index in [1.165, 1.54) is 0 Å². The summed E-state index contributed by atoms with van der Waals surface area (Å²) < 4.78 is 2.21. The van der Waals surface area contributed by atoms with E-state index in [0.29, 0.717) is 17.1 Å². The van der Waals surface area contributed by atoms with E-state index < -0.39 is 0 Å². The summed E-state index contributed by atoms with van der Waals surface area (Å²) in [6.45, 7) is 0.329. The number of rotatable bonds is 3. The standard InChI is InChI=1S/C6H9ClN4OS/c1-11-4(9-10-6(11)13)3-8-5(12)2-7/h2-3H2,1H3,(H,8,12)(H,10,13). The molecule has 0 saturated carbocycles. The number of carbonyl (C=O) groups excluding carboxylic acids is 1. The van der Waals surface area contributed by atoms with Crippen LogP contribution in [0.3, 0.4) is 0 Å². The van der Waals surface area contributed by atoms with Crippen molar-refractivity contribution in [2.75, 3.05) is 5.88 Å². The van der Waals surface area contributed by atoms with Crippen LogP contribution in [0.2, 0.25) is 0 Å². The first kappa shape index (κ1) is 10.2. The van der Waals surface area contributed by atoms with Crippen LogP contribution in [0.4, 0.5) is 0 Å². The van der Waals surface area contributed by atoms with Crippen LogP contribution >= 0.6 is 23.8 Å². The van der Waals surface area contributed by atoms with E-state index in [1.807, 2.05) is 0 Å². The van der Waals surface area contributed by atoms with Gasteiger partial charge in [0, 0.05) is 7.05 Å². The van der Waals surface area contributed by atoms with Gasteiger partial charge in [0.25, 0.3) is 0 Å². The van der Waals surface area contributed by atoms with Gasteiger partial charge in [0.2, 0.25) is 5.91 Å². The minimum atomic E-state index is -0.226. The molecule has 0 aliphatic rings. The lowest BCUT2D eigenvalue weighted by atomic mass is 10.5. The number of hydrogen-bond donors (Lipinski definition) is 2. The molecular formula is C6H9ClN4OS. The summed E-state index contributed by atoms with van der Waals surface area (Å²) in [5, 5.41) is 9.10. The molecule has 1 aromatic rings. The highest BCUT2D eigenvalue weighted by atomic mass is 35.5. The zero-order chi connectivity index (χ0) is 9.84. The Morgan fingerprint density at radius 2 is 2.54 bits per heavy atom. The molecule has 0 aliphatic carbocycles. The van der Waals surface area contributed by atoms with Gasteiger partial charge in [-0.2, -0.15) is 5.10 Å². The Morgan fingerprint density at radius 1 is 1.85 bits per heavy atom. The molecule has 0 bridgehead atoms. The van der Waals surface area contributed by atoms with E-state index in [0.717, 1.165) is 0 Å². The fourth-order valence-corrected chi connectivity index (χ4v) is 1.01. The number of aromatic amines is 1. The van der Waals surface area contributed by atoms with Gasteiger partial charge in [0.15, 0.2) is 10.6 Å². The number of hydrogen-bond acceptors (Lipinski definition) is 3. The monoisotopic (exact) mass is 220 g/mol. The third-order valence-corrected chi connectivity index (χ3v) is 2.15. The van der Waals surface area contributed by atoms with Crippen molar-refractivity contribution in [2.24, 2.45) is 7.05 Å². The molecule has 7 heteroatoms. The van der Waals surface area contributed by atoms with Crippen molar-refractivity contribution in [2.45, 2.75) is 6.54 Å². The number of aromatic nitrogens is 3. The van der Waals surface area contributed by atoms with E-state index in [4.69, 9.17) is 23.8 Å². The van der Waals surface area contributed by atoms with Crippen LogP contribution in [0, 0.1) is 4.77 Å². The summed E-state index contributed by atoms with van der Waals surface area (Å²) in [6, 6.07) is 0. The van der Waals surface area contributed by atoms with Gasteiger partial charge in [0.05, 0.1) is 6.54 Å². The minimum absolute atomic E-state index is 0.0468. The molecule has 5 nitrogen and oxygen atoms in total. The van der Waals surface area contributed by atoms with Crippen molar-refractivity contribution < 1.29 is 4.79 Å². The molecule has 0 saturated heterocycles. The zero-order valence-electron chi connectivity index (χ0n) is 7.00. The number of nitrogens with one attached hydrogen (secondary N) is 2. The Balaban J connectivity index is 2.60. The third-order valence-electron chi connectivity index (χ3n) is 1.54. The maximum Gasteiger partial charge on any atom is 0.235 e. The van der Waals surface area contributed by atoms with Crippen LogP contribution in [-0.2, 0) is 18.4 Å². The van der Waals surface area contributed by atoms with E-state index in [9.17, 15) is 4.79 Å². The van der Waals surface area contributed by atoms with Crippen molar-refractivity contribution in [3.8, 4) is 0 Å². The number of H-pyrrole nitrogens is 1. The zero-order valence-corrected chi connectivity index (χ0v) is 8.58. The first-order chi connectivity index (χ1) is 6.15. The van der Waals surface area contributed by atoms with E-state index in [2.05, 4.69) is 15.5 Å². The maximum atomic E-state index is 10.8. The smallest absolute Gasteiger partial charge is 0.235 e. The molecule has 1 rings (SSSR count). The molecular weight excluding hydrogens is 212 g/mol. The number of halogens is 1. The second-order valence-electron chi connectivity index (χ2n) is 2.41. The third kappa shape index (κ3) is 2.53. The normalized spacial score (nSPS) is 10.0.